The Kier molecular flexibility index (Phi) is 6.66. The summed E-state index contributed by atoms with van der Waals surface area (Å²) in [6, 6.07) is 16.9. The first-order chi connectivity index (χ1) is 15.2. The summed E-state index contributed by atoms with van der Waals surface area (Å²) in [5, 5.41) is 0.266. The standard InChI is InChI=1S/C25H29NO4S/c1-5-18-10-11-19(30-18)16-26-13-12-23(31-24-9-7-6-8-20(24)26)17-14-21(27-2)25(29-4)22(15-17)28-3/h6-11,14-15,23H,5,12-13,16H2,1-4H3/t23-/m0/s1. The summed E-state index contributed by atoms with van der Waals surface area (Å²) in [5.74, 6) is 4.04. The molecule has 0 spiro atoms. The van der Waals surface area contributed by atoms with Gasteiger partial charge >= 0.3 is 0 Å². The Bertz CT molecular complexity index is 1010. The van der Waals surface area contributed by atoms with E-state index in [1.807, 2.05) is 11.8 Å². The number of hydrogen-bond acceptors (Lipinski definition) is 6. The number of aryl methyl sites for hydroxylation is 1. The number of anilines is 1. The molecule has 1 aliphatic rings. The molecule has 0 radical (unpaired) electrons. The second-order valence-electron chi connectivity index (χ2n) is 7.46. The maximum absolute atomic E-state index is 5.99. The van der Waals surface area contributed by atoms with Crippen molar-refractivity contribution in [2.45, 2.75) is 36.5 Å². The number of fused-ring (bicyclic) bond motifs is 1. The topological polar surface area (TPSA) is 44.1 Å². The van der Waals surface area contributed by atoms with E-state index in [9.17, 15) is 0 Å². The van der Waals surface area contributed by atoms with Crippen LogP contribution in [0.4, 0.5) is 5.69 Å². The van der Waals surface area contributed by atoms with E-state index in [1.54, 1.807) is 21.3 Å². The molecule has 2 heterocycles. The molecule has 0 aliphatic carbocycles. The number of methoxy groups -OCH3 is 3. The van der Waals surface area contributed by atoms with Crippen molar-refractivity contribution in [1.29, 1.82) is 0 Å². The van der Waals surface area contributed by atoms with Gasteiger partial charge in [0.1, 0.15) is 11.5 Å². The van der Waals surface area contributed by atoms with E-state index in [2.05, 4.69) is 60.4 Å². The van der Waals surface area contributed by atoms with Gasteiger partial charge in [-0.05, 0) is 48.4 Å². The average molecular weight is 440 g/mol. The monoisotopic (exact) mass is 439 g/mol. The van der Waals surface area contributed by atoms with Crippen LogP contribution >= 0.6 is 11.8 Å². The van der Waals surface area contributed by atoms with Crippen LogP contribution < -0.4 is 19.1 Å². The highest BCUT2D eigenvalue weighted by molar-refractivity contribution is 7.99. The van der Waals surface area contributed by atoms with Gasteiger partial charge in [0, 0.05) is 23.1 Å². The third-order valence-electron chi connectivity index (χ3n) is 5.61. The van der Waals surface area contributed by atoms with E-state index in [0.29, 0.717) is 17.2 Å². The van der Waals surface area contributed by atoms with Crippen LogP contribution in [-0.2, 0) is 13.0 Å². The summed E-state index contributed by atoms with van der Waals surface area (Å²) in [5.41, 5.74) is 2.42. The largest absolute Gasteiger partial charge is 0.493 e. The minimum Gasteiger partial charge on any atom is -0.493 e. The third-order valence-corrected chi connectivity index (χ3v) is 7.00. The lowest BCUT2D eigenvalue weighted by Crippen LogP contribution is -2.23. The number of hydrogen-bond donors (Lipinski definition) is 0. The van der Waals surface area contributed by atoms with Crippen molar-refractivity contribution in [3.8, 4) is 17.2 Å². The van der Waals surface area contributed by atoms with E-state index in [0.717, 1.165) is 37.5 Å². The van der Waals surface area contributed by atoms with E-state index in [1.165, 1.54) is 16.1 Å². The summed E-state index contributed by atoms with van der Waals surface area (Å²) in [6.45, 7) is 3.80. The maximum atomic E-state index is 5.99. The molecule has 3 aromatic rings. The number of thioether (sulfide) groups is 1. The normalized spacial score (nSPS) is 15.9. The fraction of sp³-hybridized carbons (Fsp3) is 0.360. The molecule has 0 saturated carbocycles. The lowest BCUT2D eigenvalue weighted by Gasteiger charge is -2.23. The lowest BCUT2D eigenvalue weighted by molar-refractivity contribution is 0.323. The number of para-hydroxylation sites is 1. The molecule has 1 aromatic heterocycles. The zero-order valence-corrected chi connectivity index (χ0v) is 19.3. The van der Waals surface area contributed by atoms with Crippen molar-refractivity contribution in [3.63, 3.8) is 0 Å². The predicted octanol–water partition coefficient (Wildman–Crippen LogP) is 6.11. The molecule has 2 aromatic carbocycles. The van der Waals surface area contributed by atoms with Gasteiger partial charge in [0.25, 0.3) is 0 Å². The quantitative estimate of drug-likeness (QED) is 0.442. The number of nitrogens with zero attached hydrogens (tertiary/aromatic N) is 1. The van der Waals surface area contributed by atoms with Crippen molar-refractivity contribution >= 4 is 17.4 Å². The summed E-state index contributed by atoms with van der Waals surface area (Å²) >= 11 is 1.88. The summed E-state index contributed by atoms with van der Waals surface area (Å²) < 4.78 is 22.7. The van der Waals surface area contributed by atoms with Crippen molar-refractivity contribution in [2.24, 2.45) is 0 Å². The minimum atomic E-state index is 0.266. The summed E-state index contributed by atoms with van der Waals surface area (Å²) in [4.78, 5) is 3.68. The van der Waals surface area contributed by atoms with Crippen molar-refractivity contribution in [2.75, 3.05) is 32.8 Å². The Morgan fingerprint density at radius 3 is 2.32 bits per heavy atom. The molecule has 5 nitrogen and oxygen atoms in total. The zero-order chi connectivity index (χ0) is 21.8. The Balaban J connectivity index is 1.65. The lowest BCUT2D eigenvalue weighted by atomic mass is 10.1. The Morgan fingerprint density at radius 1 is 0.968 bits per heavy atom. The van der Waals surface area contributed by atoms with Crippen LogP contribution in [0.15, 0.2) is 57.8 Å². The van der Waals surface area contributed by atoms with E-state index < -0.39 is 0 Å². The second-order valence-corrected chi connectivity index (χ2v) is 8.71. The summed E-state index contributed by atoms with van der Waals surface area (Å²) in [7, 11) is 4.95. The number of benzene rings is 2. The van der Waals surface area contributed by atoms with Gasteiger partial charge in [0.05, 0.1) is 33.6 Å². The van der Waals surface area contributed by atoms with Crippen molar-refractivity contribution < 1.29 is 18.6 Å². The first-order valence-corrected chi connectivity index (χ1v) is 11.4. The molecule has 164 valence electrons. The number of ether oxygens (including phenoxy) is 3. The number of furan rings is 1. The molecule has 1 aliphatic heterocycles. The second kappa shape index (κ2) is 9.60. The smallest absolute Gasteiger partial charge is 0.203 e. The van der Waals surface area contributed by atoms with E-state index >= 15 is 0 Å². The molecular formula is C25H29NO4S. The minimum absolute atomic E-state index is 0.266. The van der Waals surface area contributed by atoms with Gasteiger partial charge < -0.3 is 23.5 Å². The van der Waals surface area contributed by atoms with Crippen LogP contribution in [0.25, 0.3) is 0 Å². The van der Waals surface area contributed by atoms with E-state index in [4.69, 9.17) is 18.6 Å². The molecule has 0 saturated heterocycles. The van der Waals surface area contributed by atoms with Crippen LogP contribution in [-0.4, -0.2) is 27.9 Å². The van der Waals surface area contributed by atoms with Gasteiger partial charge in [-0.1, -0.05) is 19.1 Å². The van der Waals surface area contributed by atoms with Gasteiger partial charge in [-0.25, -0.2) is 0 Å². The zero-order valence-electron chi connectivity index (χ0n) is 18.5. The van der Waals surface area contributed by atoms with Gasteiger partial charge in [-0.2, -0.15) is 0 Å². The third kappa shape index (κ3) is 4.49. The highest BCUT2D eigenvalue weighted by Crippen LogP contribution is 2.48. The SMILES string of the molecule is CCc1ccc(CN2CC[C@@H](c3cc(OC)c(OC)c(OC)c3)Sc3ccccc32)o1. The van der Waals surface area contributed by atoms with Crippen LogP contribution in [0.3, 0.4) is 0 Å². The predicted molar refractivity (Wildman–Crippen MR) is 125 cm³/mol. The van der Waals surface area contributed by atoms with Gasteiger partial charge in [0.15, 0.2) is 11.5 Å². The Morgan fingerprint density at radius 2 is 1.68 bits per heavy atom. The van der Waals surface area contributed by atoms with Crippen LogP contribution in [0.1, 0.15) is 35.7 Å². The maximum Gasteiger partial charge on any atom is 0.203 e. The number of rotatable bonds is 7. The van der Waals surface area contributed by atoms with E-state index in [-0.39, 0.29) is 5.25 Å². The molecule has 0 N–H and O–H groups in total. The molecule has 1 atom stereocenters. The average Bonchev–Trinajstić information content (AvgIpc) is 3.19. The van der Waals surface area contributed by atoms with Gasteiger partial charge in [-0.3, -0.25) is 0 Å². The van der Waals surface area contributed by atoms with Crippen LogP contribution in [0, 0.1) is 0 Å². The highest BCUT2D eigenvalue weighted by atomic mass is 32.2. The molecule has 0 unspecified atom stereocenters. The van der Waals surface area contributed by atoms with Crippen molar-refractivity contribution in [1.82, 2.24) is 0 Å². The fourth-order valence-corrected chi connectivity index (χ4v) is 5.27. The van der Waals surface area contributed by atoms with Crippen LogP contribution in [0.5, 0.6) is 17.2 Å². The Hall–Kier alpha value is -2.73. The van der Waals surface area contributed by atoms with Crippen LogP contribution in [0.2, 0.25) is 0 Å². The molecular weight excluding hydrogens is 410 g/mol. The van der Waals surface area contributed by atoms with Crippen molar-refractivity contribution in [3.05, 3.63) is 65.6 Å². The fourth-order valence-electron chi connectivity index (χ4n) is 4.00. The van der Waals surface area contributed by atoms with Gasteiger partial charge in [0.2, 0.25) is 5.75 Å². The molecule has 4 rings (SSSR count). The highest BCUT2D eigenvalue weighted by Gasteiger charge is 2.26. The molecule has 6 heteroatoms. The molecule has 0 bridgehead atoms. The van der Waals surface area contributed by atoms with Gasteiger partial charge in [-0.15, -0.1) is 11.8 Å². The first kappa shape index (κ1) is 21.5. The first-order valence-electron chi connectivity index (χ1n) is 10.5. The molecule has 0 fully saturated rings. The Labute approximate surface area is 188 Å². The summed E-state index contributed by atoms with van der Waals surface area (Å²) in [6.07, 6.45) is 1.90. The molecule has 0 amide bonds. The molecule has 31 heavy (non-hydrogen) atoms.